The Morgan fingerprint density at radius 2 is 1.85 bits per heavy atom. The van der Waals surface area contributed by atoms with E-state index in [0.29, 0.717) is 31.2 Å². The second kappa shape index (κ2) is 11.0. The van der Waals surface area contributed by atoms with E-state index in [4.69, 9.17) is 14.9 Å². The number of pyridine rings is 1. The first-order chi connectivity index (χ1) is 16.0. The number of nitrogens with zero attached hydrogens (tertiary/aromatic N) is 2. The molecule has 7 heteroatoms. The maximum Gasteiger partial charge on any atom is 0.254 e. The molecule has 1 amide bonds. The van der Waals surface area contributed by atoms with Crippen molar-refractivity contribution in [3.8, 4) is 5.75 Å². The number of amides is 1. The maximum absolute atomic E-state index is 12.4. The molecular weight excluding hydrogens is 418 g/mol. The van der Waals surface area contributed by atoms with Gasteiger partial charge < -0.3 is 19.5 Å². The summed E-state index contributed by atoms with van der Waals surface area (Å²) >= 11 is 0. The van der Waals surface area contributed by atoms with Crippen LogP contribution in [0, 0.1) is 5.92 Å². The van der Waals surface area contributed by atoms with Crippen LogP contribution in [0.25, 0.3) is 0 Å². The van der Waals surface area contributed by atoms with E-state index in [1.54, 1.807) is 29.2 Å². The van der Waals surface area contributed by atoms with Crippen LogP contribution in [0.4, 0.5) is 0 Å². The standard InChI is InChI=1S/C26H31N3O4/c27-25(30)16-21-7-11-28(12-8-21)18-22-5-3-20(4-6-22)9-13-29-14-10-23(17-26(29)31)33-19-24-2-1-15-32-24/h1-6,10,14-15,17,21H,7-9,11-13,16,18-19H2,(H2,27,30). The third kappa shape index (κ3) is 6.83. The Kier molecular flexibility index (Phi) is 7.62. The van der Waals surface area contributed by atoms with Crippen LogP contribution >= 0.6 is 0 Å². The molecule has 0 unspecified atom stereocenters. The zero-order valence-corrected chi connectivity index (χ0v) is 18.8. The second-order valence-corrected chi connectivity index (χ2v) is 8.72. The highest BCUT2D eigenvalue weighted by atomic mass is 16.5. The van der Waals surface area contributed by atoms with E-state index in [0.717, 1.165) is 44.7 Å². The Hall–Kier alpha value is -3.32. The minimum Gasteiger partial charge on any atom is -0.485 e. The van der Waals surface area contributed by atoms with Crippen LogP contribution in [-0.2, 0) is 30.9 Å². The highest BCUT2D eigenvalue weighted by molar-refractivity contribution is 5.73. The van der Waals surface area contributed by atoms with Gasteiger partial charge >= 0.3 is 0 Å². The van der Waals surface area contributed by atoms with Crippen molar-refractivity contribution in [2.75, 3.05) is 13.1 Å². The molecule has 0 atom stereocenters. The molecule has 0 spiro atoms. The average Bonchev–Trinajstić information content (AvgIpc) is 3.33. The monoisotopic (exact) mass is 449 g/mol. The number of primary amides is 1. The molecule has 1 aliphatic heterocycles. The highest BCUT2D eigenvalue weighted by Crippen LogP contribution is 2.21. The smallest absolute Gasteiger partial charge is 0.254 e. The van der Waals surface area contributed by atoms with Gasteiger partial charge in [0.05, 0.1) is 6.26 Å². The minimum atomic E-state index is -0.194. The quantitative estimate of drug-likeness (QED) is 0.513. The van der Waals surface area contributed by atoms with E-state index in [9.17, 15) is 9.59 Å². The normalized spacial score (nSPS) is 14.9. The maximum atomic E-state index is 12.4. The molecule has 1 aromatic carbocycles. The van der Waals surface area contributed by atoms with Crippen LogP contribution in [-0.4, -0.2) is 28.5 Å². The molecule has 174 valence electrons. The molecule has 7 nitrogen and oxygen atoms in total. The molecule has 1 fully saturated rings. The summed E-state index contributed by atoms with van der Waals surface area (Å²) in [6.45, 7) is 3.84. The summed E-state index contributed by atoms with van der Waals surface area (Å²) in [6.07, 6.45) is 6.72. The molecule has 2 N–H and O–H groups in total. The van der Waals surface area contributed by atoms with Crippen LogP contribution in [0.15, 0.2) is 70.2 Å². The average molecular weight is 450 g/mol. The SMILES string of the molecule is NC(=O)CC1CCN(Cc2ccc(CCn3ccc(OCc4ccco4)cc3=O)cc2)CC1. The highest BCUT2D eigenvalue weighted by Gasteiger charge is 2.20. The van der Waals surface area contributed by atoms with Gasteiger partial charge in [-0.25, -0.2) is 0 Å². The number of aromatic nitrogens is 1. The number of rotatable bonds is 10. The number of benzene rings is 1. The minimum absolute atomic E-state index is 0.0803. The Bertz CT molecular complexity index is 1080. The van der Waals surface area contributed by atoms with Gasteiger partial charge in [-0.05, 0) is 67.6 Å². The Morgan fingerprint density at radius 3 is 2.52 bits per heavy atom. The predicted octanol–water partition coefficient (Wildman–Crippen LogP) is 3.35. The lowest BCUT2D eigenvalue weighted by atomic mass is 9.93. The molecule has 2 aromatic heterocycles. The van der Waals surface area contributed by atoms with Crippen molar-refractivity contribution in [3.63, 3.8) is 0 Å². The van der Waals surface area contributed by atoms with Crippen LogP contribution in [0.5, 0.6) is 5.75 Å². The lowest BCUT2D eigenvalue weighted by molar-refractivity contribution is -0.119. The molecule has 1 aliphatic rings. The van der Waals surface area contributed by atoms with E-state index in [1.807, 2.05) is 6.07 Å². The topological polar surface area (TPSA) is 90.7 Å². The summed E-state index contributed by atoms with van der Waals surface area (Å²) in [6, 6.07) is 15.6. The molecule has 0 bridgehead atoms. The fourth-order valence-electron chi connectivity index (χ4n) is 4.27. The van der Waals surface area contributed by atoms with Crippen molar-refractivity contribution in [2.45, 2.75) is 45.4 Å². The number of ether oxygens (including phenoxy) is 1. The van der Waals surface area contributed by atoms with Crippen molar-refractivity contribution in [1.82, 2.24) is 9.47 Å². The van der Waals surface area contributed by atoms with Gasteiger partial charge in [-0.1, -0.05) is 24.3 Å². The predicted molar refractivity (Wildman–Crippen MR) is 126 cm³/mol. The summed E-state index contributed by atoms with van der Waals surface area (Å²) < 4.78 is 12.6. The summed E-state index contributed by atoms with van der Waals surface area (Å²) in [5.41, 5.74) is 7.72. The number of piperidine rings is 1. The fourth-order valence-corrected chi connectivity index (χ4v) is 4.27. The number of nitrogens with two attached hydrogens (primary N) is 1. The molecule has 0 radical (unpaired) electrons. The van der Waals surface area contributed by atoms with Gasteiger partial charge in [-0.2, -0.15) is 0 Å². The van der Waals surface area contributed by atoms with E-state index < -0.39 is 0 Å². The first kappa shape index (κ1) is 22.9. The lowest BCUT2D eigenvalue weighted by Crippen LogP contribution is -2.34. The van der Waals surface area contributed by atoms with E-state index in [2.05, 4.69) is 29.2 Å². The van der Waals surface area contributed by atoms with Crippen molar-refractivity contribution in [2.24, 2.45) is 11.7 Å². The van der Waals surface area contributed by atoms with Crippen LogP contribution < -0.4 is 16.0 Å². The zero-order valence-electron chi connectivity index (χ0n) is 18.8. The van der Waals surface area contributed by atoms with Crippen molar-refractivity contribution >= 4 is 5.91 Å². The molecule has 4 rings (SSSR count). The van der Waals surface area contributed by atoms with Crippen molar-refractivity contribution in [3.05, 3.63) is 88.2 Å². The number of hydrogen-bond donors (Lipinski definition) is 1. The zero-order chi connectivity index (χ0) is 23.0. The summed E-state index contributed by atoms with van der Waals surface area (Å²) in [5, 5.41) is 0. The van der Waals surface area contributed by atoms with Gasteiger partial charge in [0.1, 0.15) is 18.1 Å². The summed E-state index contributed by atoms with van der Waals surface area (Å²) in [5.74, 6) is 1.49. The molecule has 33 heavy (non-hydrogen) atoms. The van der Waals surface area contributed by atoms with E-state index in [-0.39, 0.29) is 11.5 Å². The van der Waals surface area contributed by atoms with Gasteiger partial charge in [0.25, 0.3) is 5.56 Å². The second-order valence-electron chi connectivity index (χ2n) is 8.72. The third-order valence-electron chi connectivity index (χ3n) is 6.20. The van der Waals surface area contributed by atoms with E-state index in [1.165, 1.54) is 17.2 Å². The molecule has 0 saturated carbocycles. The third-order valence-corrected chi connectivity index (χ3v) is 6.20. The van der Waals surface area contributed by atoms with Crippen molar-refractivity contribution < 1.29 is 13.9 Å². The first-order valence-corrected chi connectivity index (χ1v) is 11.5. The number of aryl methyl sites for hydroxylation is 2. The summed E-state index contributed by atoms with van der Waals surface area (Å²) in [7, 11) is 0. The number of carbonyl (C=O) groups excluding carboxylic acids is 1. The Morgan fingerprint density at radius 1 is 1.09 bits per heavy atom. The molecule has 3 aromatic rings. The largest absolute Gasteiger partial charge is 0.485 e. The van der Waals surface area contributed by atoms with Crippen LogP contribution in [0.2, 0.25) is 0 Å². The van der Waals surface area contributed by atoms with Gasteiger partial charge in [0.2, 0.25) is 5.91 Å². The van der Waals surface area contributed by atoms with Gasteiger partial charge in [-0.3, -0.25) is 14.5 Å². The van der Waals surface area contributed by atoms with Gasteiger partial charge in [-0.15, -0.1) is 0 Å². The number of furan rings is 1. The number of carbonyl (C=O) groups is 1. The van der Waals surface area contributed by atoms with Crippen LogP contribution in [0.1, 0.15) is 36.1 Å². The Labute approximate surface area is 193 Å². The van der Waals surface area contributed by atoms with Crippen molar-refractivity contribution in [1.29, 1.82) is 0 Å². The van der Waals surface area contributed by atoms with Crippen LogP contribution in [0.3, 0.4) is 0 Å². The van der Waals surface area contributed by atoms with E-state index >= 15 is 0 Å². The number of hydrogen-bond acceptors (Lipinski definition) is 5. The molecule has 0 aliphatic carbocycles. The summed E-state index contributed by atoms with van der Waals surface area (Å²) in [4.78, 5) is 25.9. The number of likely N-dealkylation sites (tertiary alicyclic amines) is 1. The van der Waals surface area contributed by atoms with Gasteiger partial charge in [0.15, 0.2) is 0 Å². The first-order valence-electron chi connectivity index (χ1n) is 11.5. The molecular formula is C26H31N3O4. The Balaban J connectivity index is 1.23. The lowest BCUT2D eigenvalue weighted by Gasteiger charge is -2.31. The fraction of sp³-hybridized carbons (Fsp3) is 0.385. The molecule has 3 heterocycles. The van der Waals surface area contributed by atoms with Gasteiger partial charge in [0, 0.05) is 31.8 Å². The molecule has 1 saturated heterocycles.